The van der Waals surface area contributed by atoms with E-state index >= 15 is 0 Å². The molecule has 0 spiro atoms. The van der Waals surface area contributed by atoms with Gasteiger partial charge in [0, 0.05) is 38.1 Å². The lowest BCUT2D eigenvalue weighted by molar-refractivity contribution is -0.135. The Balaban J connectivity index is 1.31. The Labute approximate surface area is 126 Å². The summed E-state index contributed by atoms with van der Waals surface area (Å²) in [6, 6.07) is 11.3. The molecule has 2 atom stereocenters. The molecule has 0 N–H and O–H groups in total. The molecule has 0 aromatic heterocycles. The molecule has 4 rings (SSSR count). The maximum Gasteiger partial charge on any atom is 0.226 e. The van der Waals surface area contributed by atoms with E-state index in [1.165, 1.54) is 24.8 Å². The van der Waals surface area contributed by atoms with Gasteiger partial charge >= 0.3 is 0 Å². The van der Waals surface area contributed by atoms with E-state index in [-0.39, 0.29) is 5.92 Å². The van der Waals surface area contributed by atoms with Gasteiger partial charge in [-0.05, 0) is 30.7 Å². The lowest BCUT2D eigenvalue weighted by atomic mass is 9.91. The van der Waals surface area contributed by atoms with E-state index < -0.39 is 0 Å². The summed E-state index contributed by atoms with van der Waals surface area (Å²) in [5.74, 6) is 1.13. The summed E-state index contributed by atoms with van der Waals surface area (Å²) in [5.41, 5.74) is 1.34. The fourth-order valence-corrected chi connectivity index (χ4v) is 3.83. The average Bonchev–Trinajstić information content (AvgIpc) is 3.27. The Kier molecular flexibility index (Phi) is 3.46. The van der Waals surface area contributed by atoms with Crippen LogP contribution in [0.1, 0.15) is 37.2 Å². The van der Waals surface area contributed by atoms with Crippen molar-refractivity contribution in [2.45, 2.75) is 37.6 Å². The molecule has 112 valence electrons. The van der Waals surface area contributed by atoms with Crippen LogP contribution in [0.4, 0.5) is 0 Å². The van der Waals surface area contributed by atoms with E-state index in [1.807, 2.05) is 6.07 Å². The Bertz CT molecular complexity index is 503. The van der Waals surface area contributed by atoms with E-state index in [4.69, 9.17) is 0 Å². The maximum atomic E-state index is 12.6. The van der Waals surface area contributed by atoms with Crippen LogP contribution in [0.2, 0.25) is 0 Å². The zero-order valence-electron chi connectivity index (χ0n) is 12.6. The van der Waals surface area contributed by atoms with Crippen molar-refractivity contribution in [2.75, 3.05) is 26.2 Å². The second-order valence-corrected chi connectivity index (χ2v) is 6.81. The molecule has 3 nitrogen and oxygen atoms in total. The summed E-state index contributed by atoms with van der Waals surface area (Å²) >= 11 is 0. The number of hydrogen-bond donors (Lipinski definition) is 0. The lowest BCUT2D eigenvalue weighted by Gasteiger charge is -2.43. The van der Waals surface area contributed by atoms with Crippen LogP contribution in [0, 0.1) is 5.92 Å². The van der Waals surface area contributed by atoms with Gasteiger partial charge in [-0.25, -0.2) is 0 Å². The third kappa shape index (κ3) is 2.59. The van der Waals surface area contributed by atoms with Gasteiger partial charge in [0.15, 0.2) is 0 Å². The molecular formula is C18H24N2O. The number of amides is 1. The van der Waals surface area contributed by atoms with Crippen LogP contribution in [0.15, 0.2) is 30.3 Å². The number of piperazine rings is 1. The van der Waals surface area contributed by atoms with Crippen LogP contribution in [0.25, 0.3) is 0 Å². The van der Waals surface area contributed by atoms with Gasteiger partial charge in [-0.3, -0.25) is 9.69 Å². The van der Waals surface area contributed by atoms with Crippen LogP contribution < -0.4 is 0 Å². The van der Waals surface area contributed by atoms with Gasteiger partial charge in [0.25, 0.3) is 0 Å². The van der Waals surface area contributed by atoms with Crippen molar-refractivity contribution < 1.29 is 4.79 Å². The van der Waals surface area contributed by atoms with Gasteiger partial charge in [-0.1, -0.05) is 36.8 Å². The summed E-state index contributed by atoms with van der Waals surface area (Å²) in [7, 11) is 0. The minimum Gasteiger partial charge on any atom is -0.340 e. The van der Waals surface area contributed by atoms with Gasteiger partial charge in [0.2, 0.25) is 5.91 Å². The molecule has 1 heterocycles. The highest BCUT2D eigenvalue weighted by atomic mass is 16.2. The van der Waals surface area contributed by atoms with Gasteiger partial charge < -0.3 is 4.90 Å². The Hall–Kier alpha value is -1.35. The van der Waals surface area contributed by atoms with Gasteiger partial charge in [-0.2, -0.15) is 0 Å². The zero-order valence-corrected chi connectivity index (χ0v) is 12.6. The minimum atomic E-state index is 0.252. The number of nitrogens with zero attached hydrogens (tertiary/aromatic N) is 2. The molecule has 2 saturated carbocycles. The third-order valence-corrected chi connectivity index (χ3v) is 5.55. The van der Waals surface area contributed by atoms with Crippen LogP contribution >= 0.6 is 0 Å². The quantitative estimate of drug-likeness (QED) is 0.851. The molecule has 1 amide bonds. The number of benzene rings is 1. The Morgan fingerprint density at radius 1 is 1.00 bits per heavy atom. The molecule has 21 heavy (non-hydrogen) atoms. The second kappa shape index (κ2) is 5.45. The summed E-state index contributed by atoms with van der Waals surface area (Å²) in [6.07, 6.45) is 5.18. The van der Waals surface area contributed by atoms with E-state index in [9.17, 15) is 4.79 Å². The number of rotatable bonds is 3. The number of hydrogen-bond acceptors (Lipinski definition) is 2. The van der Waals surface area contributed by atoms with Gasteiger partial charge in [0.1, 0.15) is 0 Å². The van der Waals surface area contributed by atoms with Crippen molar-refractivity contribution in [3.63, 3.8) is 0 Å². The molecule has 1 aromatic carbocycles. The molecule has 0 bridgehead atoms. The fraction of sp³-hybridized carbons (Fsp3) is 0.611. The smallest absolute Gasteiger partial charge is 0.226 e. The Morgan fingerprint density at radius 2 is 1.71 bits per heavy atom. The first kappa shape index (κ1) is 13.3. The molecule has 1 saturated heterocycles. The summed E-state index contributed by atoms with van der Waals surface area (Å²) in [5, 5.41) is 0. The fourth-order valence-electron chi connectivity index (χ4n) is 3.83. The molecule has 3 fully saturated rings. The van der Waals surface area contributed by atoms with E-state index in [2.05, 4.69) is 34.1 Å². The molecule has 1 unspecified atom stereocenters. The predicted octanol–water partition coefficient (Wildman–Crippen LogP) is 2.49. The van der Waals surface area contributed by atoms with Crippen molar-refractivity contribution in [3.05, 3.63) is 35.9 Å². The number of carbonyl (C=O) groups is 1. The molecule has 0 radical (unpaired) electrons. The van der Waals surface area contributed by atoms with Crippen molar-refractivity contribution in [3.8, 4) is 0 Å². The van der Waals surface area contributed by atoms with Crippen LogP contribution in [-0.2, 0) is 4.79 Å². The molecular weight excluding hydrogens is 260 g/mol. The van der Waals surface area contributed by atoms with Crippen molar-refractivity contribution in [2.24, 2.45) is 5.92 Å². The Morgan fingerprint density at radius 3 is 2.33 bits per heavy atom. The van der Waals surface area contributed by atoms with E-state index in [0.29, 0.717) is 11.8 Å². The first-order valence-electron chi connectivity index (χ1n) is 8.41. The summed E-state index contributed by atoms with van der Waals surface area (Å²) < 4.78 is 0. The minimum absolute atomic E-state index is 0.252. The van der Waals surface area contributed by atoms with Crippen molar-refractivity contribution >= 4 is 5.91 Å². The molecule has 1 aliphatic heterocycles. The SMILES string of the molecule is O=C([C@H]1CC1c1ccccc1)N1CCN(C2CCC2)CC1. The van der Waals surface area contributed by atoms with Gasteiger partial charge in [-0.15, -0.1) is 0 Å². The van der Waals surface area contributed by atoms with Crippen molar-refractivity contribution in [1.82, 2.24) is 9.80 Å². The zero-order chi connectivity index (χ0) is 14.2. The largest absolute Gasteiger partial charge is 0.340 e. The third-order valence-electron chi connectivity index (χ3n) is 5.55. The molecule has 1 aromatic rings. The maximum absolute atomic E-state index is 12.6. The highest BCUT2D eigenvalue weighted by Gasteiger charge is 2.46. The van der Waals surface area contributed by atoms with Gasteiger partial charge in [0.05, 0.1) is 0 Å². The normalized spacial score (nSPS) is 30.0. The first-order chi connectivity index (χ1) is 10.3. The molecule has 3 aliphatic rings. The van der Waals surface area contributed by atoms with E-state index in [0.717, 1.165) is 38.6 Å². The first-order valence-corrected chi connectivity index (χ1v) is 8.41. The second-order valence-electron chi connectivity index (χ2n) is 6.81. The molecule has 2 aliphatic carbocycles. The highest BCUT2D eigenvalue weighted by molar-refractivity contribution is 5.83. The predicted molar refractivity (Wildman–Crippen MR) is 83.1 cm³/mol. The van der Waals surface area contributed by atoms with Crippen LogP contribution in [-0.4, -0.2) is 47.9 Å². The summed E-state index contributed by atoms with van der Waals surface area (Å²) in [4.78, 5) is 17.3. The summed E-state index contributed by atoms with van der Waals surface area (Å²) in [6.45, 7) is 4.04. The lowest BCUT2D eigenvalue weighted by Crippen LogP contribution is -2.53. The number of carbonyl (C=O) groups excluding carboxylic acids is 1. The average molecular weight is 284 g/mol. The highest BCUT2D eigenvalue weighted by Crippen LogP contribution is 2.48. The van der Waals surface area contributed by atoms with E-state index in [1.54, 1.807) is 0 Å². The topological polar surface area (TPSA) is 23.6 Å². The monoisotopic (exact) mass is 284 g/mol. The standard InChI is InChI=1S/C18H24N2O/c21-18(17-13-16(17)14-5-2-1-3-6-14)20-11-9-19(10-12-20)15-7-4-8-15/h1-3,5-6,15-17H,4,7-13H2/t16?,17-/m0/s1. The van der Waals surface area contributed by atoms with Crippen molar-refractivity contribution in [1.29, 1.82) is 0 Å². The van der Waals surface area contributed by atoms with Crippen LogP contribution in [0.3, 0.4) is 0 Å². The van der Waals surface area contributed by atoms with Crippen LogP contribution in [0.5, 0.6) is 0 Å². The molecule has 3 heteroatoms.